The molecule has 1 aliphatic rings. The number of hydrogen-bond donors (Lipinski definition) is 3. The Morgan fingerprint density at radius 1 is 1.20 bits per heavy atom. The van der Waals surface area contributed by atoms with Gasteiger partial charge >= 0.3 is 12.0 Å². The molecule has 2 rings (SSSR count). The van der Waals surface area contributed by atoms with E-state index in [1.54, 1.807) is 6.07 Å². The number of hydrazine groups is 1. The number of amides is 2. The van der Waals surface area contributed by atoms with Crippen LogP contribution >= 0.6 is 0 Å². The number of aromatic carboxylic acids is 1. The molecule has 0 spiro atoms. The molecular weight excluding hydrogens is 258 g/mol. The molecule has 1 fully saturated rings. The van der Waals surface area contributed by atoms with Gasteiger partial charge in [-0.3, -0.25) is 5.43 Å². The fourth-order valence-electron chi connectivity index (χ4n) is 2.19. The molecule has 0 bridgehead atoms. The van der Waals surface area contributed by atoms with Gasteiger partial charge in [0.05, 0.1) is 5.56 Å². The summed E-state index contributed by atoms with van der Waals surface area (Å²) >= 11 is 0. The lowest BCUT2D eigenvalue weighted by Crippen LogP contribution is -2.46. The number of nitrogens with zero attached hydrogens (tertiary/aromatic N) is 1. The number of aryl methyl sites for hydroxylation is 1. The average molecular weight is 277 g/mol. The lowest BCUT2D eigenvalue weighted by molar-refractivity contribution is 0.0697. The fraction of sp³-hybridized carbons (Fsp3) is 0.429. The minimum absolute atomic E-state index is 0.156. The van der Waals surface area contributed by atoms with E-state index in [0.717, 1.165) is 31.5 Å². The van der Waals surface area contributed by atoms with Crippen LogP contribution in [0.2, 0.25) is 0 Å². The second-order valence-electron chi connectivity index (χ2n) is 4.95. The number of carboxylic acids is 1. The fourth-order valence-corrected chi connectivity index (χ4v) is 2.19. The number of anilines is 1. The average Bonchev–Trinajstić information content (AvgIpc) is 2.42. The van der Waals surface area contributed by atoms with Crippen LogP contribution in [-0.4, -0.2) is 35.2 Å². The predicted molar refractivity (Wildman–Crippen MR) is 75.7 cm³/mol. The highest BCUT2D eigenvalue weighted by molar-refractivity contribution is 5.93. The van der Waals surface area contributed by atoms with Gasteiger partial charge in [0.2, 0.25) is 0 Å². The molecule has 0 saturated carbocycles. The lowest BCUT2D eigenvalue weighted by Gasteiger charge is -2.26. The zero-order chi connectivity index (χ0) is 14.5. The number of urea groups is 1. The minimum Gasteiger partial charge on any atom is -0.478 e. The summed E-state index contributed by atoms with van der Waals surface area (Å²) in [6, 6.07) is 4.33. The third-order valence-electron chi connectivity index (χ3n) is 3.35. The van der Waals surface area contributed by atoms with Crippen molar-refractivity contribution in [1.82, 2.24) is 10.4 Å². The van der Waals surface area contributed by atoms with Gasteiger partial charge in [-0.05, 0) is 37.5 Å². The topological polar surface area (TPSA) is 81.7 Å². The third-order valence-corrected chi connectivity index (χ3v) is 3.35. The SMILES string of the molecule is Cc1ccc(C(=O)O)cc1NC(=O)NN1CCCCC1. The van der Waals surface area contributed by atoms with Crippen molar-refractivity contribution in [2.45, 2.75) is 26.2 Å². The molecule has 1 aromatic rings. The van der Waals surface area contributed by atoms with E-state index < -0.39 is 5.97 Å². The maximum atomic E-state index is 11.9. The van der Waals surface area contributed by atoms with E-state index >= 15 is 0 Å². The van der Waals surface area contributed by atoms with Crippen LogP contribution < -0.4 is 10.7 Å². The number of rotatable bonds is 3. The molecule has 0 unspecified atom stereocenters. The van der Waals surface area contributed by atoms with E-state index in [2.05, 4.69) is 10.7 Å². The van der Waals surface area contributed by atoms with Crippen molar-refractivity contribution in [1.29, 1.82) is 0 Å². The minimum atomic E-state index is -1.01. The number of carboxylic acid groups (broad SMARTS) is 1. The number of carbonyl (C=O) groups excluding carboxylic acids is 1. The first-order chi connectivity index (χ1) is 9.56. The quantitative estimate of drug-likeness (QED) is 0.791. The third kappa shape index (κ3) is 3.71. The van der Waals surface area contributed by atoms with E-state index in [0.29, 0.717) is 5.69 Å². The van der Waals surface area contributed by atoms with Crippen LogP contribution in [0.15, 0.2) is 18.2 Å². The van der Waals surface area contributed by atoms with Crippen LogP contribution in [0.5, 0.6) is 0 Å². The van der Waals surface area contributed by atoms with E-state index in [4.69, 9.17) is 5.11 Å². The molecule has 6 heteroatoms. The number of piperidine rings is 1. The molecule has 0 atom stereocenters. The molecule has 0 aliphatic carbocycles. The Bertz CT molecular complexity index is 510. The highest BCUT2D eigenvalue weighted by Crippen LogP contribution is 2.17. The molecule has 0 radical (unpaired) electrons. The van der Waals surface area contributed by atoms with Crippen molar-refractivity contribution >= 4 is 17.7 Å². The molecule has 1 heterocycles. The van der Waals surface area contributed by atoms with Crippen LogP contribution in [0.4, 0.5) is 10.5 Å². The number of nitrogens with one attached hydrogen (secondary N) is 2. The van der Waals surface area contributed by atoms with Gasteiger partial charge in [-0.2, -0.15) is 0 Å². The molecule has 1 saturated heterocycles. The molecule has 108 valence electrons. The Kier molecular flexibility index (Phi) is 4.57. The Balaban J connectivity index is 1.99. The van der Waals surface area contributed by atoms with Crippen molar-refractivity contribution in [3.8, 4) is 0 Å². The molecular formula is C14H19N3O3. The van der Waals surface area contributed by atoms with Crippen molar-refractivity contribution in [3.05, 3.63) is 29.3 Å². The second-order valence-corrected chi connectivity index (χ2v) is 4.95. The van der Waals surface area contributed by atoms with Gasteiger partial charge in [0.1, 0.15) is 0 Å². The molecule has 0 aromatic heterocycles. The highest BCUT2D eigenvalue weighted by Gasteiger charge is 2.14. The Morgan fingerprint density at radius 3 is 2.55 bits per heavy atom. The van der Waals surface area contributed by atoms with Crippen LogP contribution in [-0.2, 0) is 0 Å². The van der Waals surface area contributed by atoms with E-state index in [-0.39, 0.29) is 11.6 Å². The molecule has 1 aliphatic heterocycles. The summed E-state index contributed by atoms with van der Waals surface area (Å²) in [5.74, 6) is -1.01. The first-order valence-electron chi connectivity index (χ1n) is 6.73. The Hall–Kier alpha value is -2.08. The summed E-state index contributed by atoms with van der Waals surface area (Å²) in [4.78, 5) is 22.8. The highest BCUT2D eigenvalue weighted by atomic mass is 16.4. The monoisotopic (exact) mass is 277 g/mol. The maximum Gasteiger partial charge on any atom is 0.335 e. The van der Waals surface area contributed by atoms with Crippen LogP contribution in [0, 0.1) is 6.92 Å². The van der Waals surface area contributed by atoms with E-state index in [1.165, 1.54) is 18.6 Å². The standard InChI is InChI=1S/C14H19N3O3/c1-10-5-6-11(13(18)19)9-12(10)15-14(20)16-17-7-3-2-4-8-17/h5-6,9H,2-4,7-8H2,1H3,(H,18,19)(H2,15,16,20). The van der Waals surface area contributed by atoms with Gasteiger partial charge in [-0.1, -0.05) is 12.5 Å². The largest absolute Gasteiger partial charge is 0.478 e. The van der Waals surface area contributed by atoms with Gasteiger partial charge in [0.25, 0.3) is 0 Å². The van der Waals surface area contributed by atoms with Gasteiger partial charge in [0.15, 0.2) is 0 Å². The zero-order valence-corrected chi connectivity index (χ0v) is 11.5. The van der Waals surface area contributed by atoms with Gasteiger partial charge in [-0.25, -0.2) is 14.6 Å². The Morgan fingerprint density at radius 2 is 1.90 bits per heavy atom. The van der Waals surface area contributed by atoms with Crippen LogP contribution in [0.3, 0.4) is 0 Å². The van der Waals surface area contributed by atoms with Crippen molar-refractivity contribution in [2.75, 3.05) is 18.4 Å². The maximum absolute atomic E-state index is 11.9. The first kappa shape index (κ1) is 14.3. The van der Waals surface area contributed by atoms with E-state index in [1.807, 2.05) is 11.9 Å². The predicted octanol–water partition coefficient (Wildman–Crippen LogP) is 2.22. The van der Waals surface area contributed by atoms with Crippen LogP contribution in [0.1, 0.15) is 35.2 Å². The Labute approximate surface area is 117 Å². The molecule has 3 N–H and O–H groups in total. The summed E-state index contributed by atoms with van der Waals surface area (Å²) in [5, 5.41) is 13.5. The molecule has 20 heavy (non-hydrogen) atoms. The van der Waals surface area contributed by atoms with E-state index in [9.17, 15) is 9.59 Å². The molecule has 6 nitrogen and oxygen atoms in total. The number of hydrogen-bond acceptors (Lipinski definition) is 3. The van der Waals surface area contributed by atoms with Crippen LogP contribution in [0.25, 0.3) is 0 Å². The van der Waals surface area contributed by atoms with Crippen molar-refractivity contribution in [3.63, 3.8) is 0 Å². The second kappa shape index (κ2) is 6.38. The van der Waals surface area contributed by atoms with Gasteiger partial charge in [0, 0.05) is 18.8 Å². The zero-order valence-electron chi connectivity index (χ0n) is 11.5. The summed E-state index contributed by atoms with van der Waals surface area (Å²) < 4.78 is 0. The summed E-state index contributed by atoms with van der Waals surface area (Å²) in [6.07, 6.45) is 3.35. The normalized spacial score (nSPS) is 15.7. The summed E-state index contributed by atoms with van der Waals surface area (Å²) in [6.45, 7) is 3.52. The number of carbonyl (C=O) groups is 2. The summed E-state index contributed by atoms with van der Waals surface area (Å²) in [5.41, 5.74) is 4.27. The van der Waals surface area contributed by atoms with Gasteiger partial charge in [-0.15, -0.1) is 0 Å². The van der Waals surface area contributed by atoms with Crippen molar-refractivity contribution < 1.29 is 14.7 Å². The summed E-state index contributed by atoms with van der Waals surface area (Å²) in [7, 11) is 0. The smallest absolute Gasteiger partial charge is 0.335 e. The lowest BCUT2D eigenvalue weighted by atomic mass is 10.1. The molecule has 2 amide bonds. The van der Waals surface area contributed by atoms with Gasteiger partial charge < -0.3 is 10.4 Å². The molecule has 1 aromatic carbocycles. The first-order valence-corrected chi connectivity index (χ1v) is 6.73. The number of benzene rings is 1. The van der Waals surface area contributed by atoms with Crippen molar-refractivity contribution in [2.24, 2.45) is 0 Å².